The van der Waals surface area contributed by atoms with Crippen molar-refractivity contribution >= 4 is 35.0 Å². The van der Waals surface area contributed by atoms with Crippen LogP contribution >= 0.6 is 23.4 Å². The Morgan fingerprint density at radius 3 is 3.00 bits per heavy atom. The van der Waals surface area contributed by atoms with Crippen LogP contribution in [0.4, 0.5) is 5.69 Å². The molecule has 0 fully saturated rings. The topological polar surface area (TPSA) is 57.8 Å². The monoisotopic (exact) mass is 305 g/mol. The van der Waals surface area contributed by atoms with Crippen molar-refractivity contribution in [2.45, 2.75) is 11.9 Å². The van der Waals surface area contributed by atoms with E-state index in [0.29, 0.717) is 5.69 Å². The molecule has 1 N–H and O–H groups in total. The molecular formula is C14H12ClN3OS. The zero-order chi connectivity index (χ0) is 14.5. The normalized spacial score (nSPS) is 10.1. The van der Waals surface area contributed by atoms with E-state index in [2.05, 4.69) is 10.7 Å². The number of hydrogen-bond donors (Lipinski definition) is 1. The van der Waals surface area contributed by atoms with Crippen LogP contribution in [0.5, 0.6) is 0 Å². The van der Waals surface area contributed by atoms with Crippen molar-refractivity contribution in [1.82, 2.24) is 4.57 Å². The minimum Gasteiger partial charge on any atom is -0.323 e. The van der Waals surface area contributed by atoms with Gasteiger partial charge in [0.15, 0.2) is 0 Å². The van der Waals surface area contributed by atoms with E-state index in [4.69, 9.17) is 16.9 Å². The van der Waals surface area contributed by atoms with Crippen LogP contribution < -0.4 is 5.32 Å². The number of amides is 1. The molecule has 4 nitrogen and oxygen atoms in total. The average Bonchev–Trinajstić information content (AvgIpc) is 2.87. The Labute approximate surface area is 126 Å². The molecule has 2 rings (SSSR count). The van der Waals surface area contributed by atoms with Gasteiger partial charge in [0.2, 0.25) is 5.91 Å². The number of benzene rings is 1. The number of halogens is 1. The van der Waals surface area contributed by atoms with Crippen molar-refractivity contribution in [1.29, 1.82) is 5.26 Å². The molecule has 0 bridgehead atoms. The van der Waals surface area contributed by atoms with Gasteiger partial charge in [-0.25, -0.2) is 0 Å². The quantitative estimate of drug-likeness (QED) is 0.534. The number of nitriles is 1. The first-order valence-corrected chi connectivity index (χ1v) is 7.21. The Morgan fingerprint density at radius 2 is 2.30 bits per heavy atom. The molecular weight excluding hydrogens is 294 g/mol. The lowest BCUT2D eigenvalue weighted by Gasteiger charge is -2.14. The third-order valence-corrected chi connectivity index (χ3v) is 3.54. The number of hydrogen-bond acceptors (Lipinski definition) is 3. The SMILES string of the molecule is Cc1ccc(-n2cccc2SC#N)c(NC(=O)CCl)c1. The van der Waals surface area contributed by atoms with Crippen LogP contribution in [0.25, 0.3) is 5.69 Å². The van der Waals surface area contributed by atoms with E-state index in [1.807, 2.05) is 48.0 Å². The van der Waals surface area contributed by atoms with Crippen LogP contribution in [0.1, 0.15) is 5.56 Å². The number of rotatable bonds is 4. The minimum absolute atomic E-state index is 0.0984. The Hall–Kier alpha value is -1.90. The average molecular weight is 306 g/mol. The molecule has 0 aliphatic rings. The van der Waals surface area contributed by atoms with Gasteiger partial charge in [0, 0.05) is 18.0 Å². The van der Waals surface area contributed by atoms with E-state index in [1.54, 1.807) is 0 Å². The van der Waals surface area contributed by atoms with Crippen molar-refractivity contribution in [2.75, 3.05) is 11.2 Å². The van der Waals surface area contributed by atoms with Gasteiger partial charge in [-0.05, 0) is 36.8 Å². The second-order valence-corrected chi connectivity index (χ2v) is 5.18. The summed E-state index contributed by atoms with van der Waals surface area (Å²) in [6.07, 6.45) is 1.85. The number of alkyl halides is 1. The van der Waals surface area contributed by atoms with Crippen LogP contribution in [0.15, 0.2) is 41.6 Å². The summed E-state index contributed by atoms with van der Waals surface area (Å²) < 4.78 is 1.86. The third kappa shape index (κ3) is 3.16. The minimum atomic E-state index is -0.264. The first-order valence-electron chi connectivity index (χ1n) is 5.86. The fraction of sp³-hybridized carbons (Fsp3) is 0.143. The van der Waals surface area contributed by atoms with Gasteiger partial charge in [0.1, 0.15) is 11.3 Å². The number of thiocyanates is 1. The van der Waals surface area contributed by atoms with Gasteiger partial charge in [-0.3, -0.25) is 4.79 Å². The molecule has 0 saturated heterocycles. The number of aryl methyl sites for hydroxylation is 1. The summed E-state index contributed by atoms with van der Waals surface area (Å²) in [6.45, 7) is 1.95. The van der Waals surface area contributed by atoms with Crippen molar-refractivity contribution < 1.29 is 4.79 Å². The first-order chi connectivity index (χ1) is 9.65. The highest BCUT2D eigenvalue weighted by atomic mass is 35.5. The number of nitrogens with one attached hydrogen (secondary N) is 1. The summed E-state index contributed by atoms with van der Waals surface area (Å²) in [7, 11) is 0. The molecule has 1 heterocycles. The molecule has 20 heavy (non-hydrogen) atoms. The van der Waals surface area contributed by atoms with E-state index in [-0.39, 0.29) is 11.8 Å². The lowest BCUT2D eigenvalue weighted by atomic mass is 10.2. The highest BCUT2D eigenvalue weighted by Crippen LogP contribution is 2.28. The lowest BCUT2D eigenvalue weighted by molar-refractivity contribution is -0.113. The molecule has 1 aromatic heterocycles. The number of thioether (sulfide) groups is 1. The van der Waals surface area contributed by atoms with Crippen LogP contribution in [-0.2, 0) is 4.79 Å². The van der Waals surface area contributed by atoms with Crippen LogP contribution in [0, 0.1) is 17.6 Å². The molecule has 0 unspecified atom stereocenters. The molecule has 1 aromatic carbocycles. The number of aromatic nitrogens is 1. The zero-order valence-electron chi connectivity index (χ0n) is 10.8. The predicted molar refractivity (Wildman–Crippen MR) is 81.3 cm³/mol. The Morgan fingerprint density at radius 1 is 1.50 bits per heavy atom. The van der Waals surface area contributed by atoms with Crippen LogP contribution in [0.2, 0.25) is 0 Å². The standard InChI is InChI=1S/C14H12ClN3OS/c1-10-4-5-12(11(7-10)17-13(19)8-15)18-6-2-3-14(18)20-9-16/h2-7H,8H2,1H3,(H,17,19). The van der Waals surface area contributed by atoms with Gasteiger partial charge in [-0.1, -0.05) is 6.07 Å². The van der Waals surface area contributed by atoms with Gasteiger partial charge in [-0.2, -0.15) is 5.26 Å². The lowest BCUT2D eigenvalue weighted by Crippen LogP contribution is -2.14. The maximum atomic E-state index is 11.5. The molecule has 102 valence electrons. The van der Waals surface area contributed by atoms with Gasteiger partial charge in [-0.15, -0.1) is 11.6 Å². The van der Waals surface area contributed by atoms with E-state index < -0.39 is 0 Å². The van der Waals surface area contributed by atoms with Gasteiger partial charge in [0.25, 0.3) is 0 Å². The highest BCUT2D eigenvalue weighted by molar-refractivity contribution is 8.03. The fourth-order valence-electron chi connectivity index (χ4n) is 1.84. The summed E-state index contributed by atoms with van der Waals surface area (Å²) in [4.78, 5) is 11.5. The molecule has 6 heteroatoms. The highest BCUT2D eigenvalue weighted by Gasteiger charge is 2.11. The molecule has 0 spiro atoms. The number of carbonyl (C=O) groups is 1. The van der Waals surface area contributed by atoms with Crippen molar-refractivity contribution in [2.24, 2.45) is 0 Å². The molecule has 2 aromatic rings. The number of nitrogens with zero attached hydrogens (tertiary/aromatic N) is 2. The molecule has 0 atom stereocenters. The first kappa shape index (κ1) is 14.5. The van der Waals surface area contributed by atoms with E-state index in [9.17, 15) is 4.79 Å². The number of carbonyl (C=O) groups excluding carboxylic acids is 1. The second-order valence-electron chi connectivity index (χ2n) is 4.11. The Kier molecular flexibility index (Phi) is 4.72. The summed E-state index contributed by atoms with van der Waals surface area (Å²) in [5, 5.41) is 14.4. The summed E-state index contributed by atoms with van der Waals surface area (Å²) >= 11 is 6.60. The van der Waals surface area contributed by atoms with Gasteiger partial charge >= 0.3 is 0 Å². The van der Waals surface area contributed by atoms with Gasteiger partial charge in [0.05, 0.1) is 16.4 Å². The van der Waals surface area contributed by atoms with E-state index >= 15 is 0 Å². The third-order valence-electron chi connectivity index (χ3n) is 2.67. The fourth-order valence-corrected chi connectivity index (χ4v) is 2.40. The van der Waals surface area contributed by atoms with Crippen LogP contribution in [0.3, 0.4) is 0 Å². The maximum absolute atomic E-state index is 11.5. The Balaban J connectivity index is 2.47. The van der Waals surface area contributed by atoms with Crippen molar-refractivity contribution in [3.63, 3.8) is 0 Å². The number of anilines is 1. The zero-order valence-corrected chi connectivity index (χ0v) is 12.3. The van der Waals surface area contributed by atoms with Crippen LogP contribution in [-0.4, -0.2) is 16.4 Å². The van der Waals surface area contributed by atoms with E-state index in [1.165, 1.54) is 0 Å². The smallest absolute Gasteiger partial charge is 0.239 e. The van der Waals surface area contributed by atoms with Crippen molar-refractivity contribution in [3.05, 3.63) is 42.1 Å². The molecule has 0 aliphatic heterocycles. The van der Waals surface area contributed by atoms with Gasteiger partial charge < -0.3 is 9.88 Å². The molecule has 0 radical (unpaired) electrons. The van der Waals surface area contributed by atoms with Crippen molar-refractivity contribution in [3.8, 4) is 11.1 Å². The molecule has 0 aliphatic carbocycles. The molecule has 0 saturated carbocycles. The Bertz CT molecular complexity index is 675. The molecule has 1 amide bonds. The second kappa shape index (κ2) is 6.51. The predicted octanol–water partition coefficient (Wildman–Crippen LogP) is 3.54. The summed E-state index contributed by atoms with van der Waals surface area (Å²) in [6, 6.07) is 9.43. The summed E-state index contributed by atoms with van der Waals surface area (Å²) in [5.74, 6) is -0.362. The largest absolute Gasteiger partial charge is 0.323 e. The maximum Gasteiger partial charge on any atom is 0.239 e. The van der Waals surface area contributed by atoms with E-state index in [0.717, 1.165) is 28.0 Å². The summed E-state index contributed by atoms with van der Waals surface area (Å²) in [5.41, 5.74) is 2.50.